The molecular weight excluding hydrogens is 254 g/mol. The monoisotopic (exact) mass is 271 g/mol. The van der Waals surface area contributed by atoms with Crippen molar-refractivity contribution in [1.29, 1.82) is 0 Å². The Balaban J connectivity index is 2.18. The molecule has 1 fully saturated rings. The van der Waals surface area contributed by atoms with Gasteiger partial charge in [-0.05, 0) is 31.9 Å². The molecule has 1 amide bonds. The zero-order chi connectivity index (χ0) is 14.1. The van der Waals surface area contributed by atoms with Gasteiger partial charge in [-0.15, -0.1) is 0 Å². The van der Waals surface area contributed by atoms with Crippen molar-refractivity contribution in [2.45, 2.75) is 26.3 Å². The van der Waals surface area contributed by atoms with Crippen molar-refractivity contribution in [1.82, 2.24) is 14.5 Å². The minimum Gasteiger partial charge on any atom is -0.337 e. The van der Waals surface area contributed by atoms with Gasteiger partial charge in [0.2, 0.25) is 0 Å². The molecule has 0 aliphatic carbocycles. The third kappa shape index (κ3) is 1.99. The second-order valence-electron chi connectivity index (χ2n) is 5.00. The maximum Gasteiger partial charge on any atom is 0.282 e. The Morgan fingerprint density at radius 3 is 2.65 bits per heavy atom. The highest BCUT2D eigenvalue weighted by molar-refractivity contribution is 5.94. The second kappa shape index (κ2) is 5.07. The molecule has 1 aromatic heterocycles. The summed E-state index contributed by atoms with van der Waals surface area (Å²) in [7, 11) is 0. The summed E-state index contributed by atoms with van der Waals surface area (Å²) in [4.78, 5) is 30.9. The van der Waals surface area contributed by atoms with Crippen molar-refractivity contribution in [3.05, 3.63) is 40.3 Å². The lowest BCUT2D eigenvalue weighted by Crippen LogP contribution is -2.36. The zero-order valence-electron chi connectivity index (χ0n) is 11.5. The molecule has 0 bridgehead atoms. The first-order valence-electron chi connectivity index (χ1n) is 7.01. The molecule has 2 heterocycles. The Morgan fingerprint density at radius 1 is 1.25 bits per heavy atom. The fraction of sp³-hybridized carbons (Fsp3) is 0.400. The van der Waals surface area contributed by atoms with Crippen LogP contribution in [0.4, 0.5) is 0 Å². The van der Waals surface area contributed by atoms with Crippen LogP contribution in [0.25, 0.3) is 11.0 Å². The number of para-hydroxylation sites is 2. The van der Waals surface area contributed by atoms with Gasteiger partial charge in [0, 0.05) is 19.6 Å². The highest BCUT2D eigenvalue weighted by Crippen LogP contribution is 2.13. The molecule has 5 heteroatoms. The maximum atomic E-state index is 12.5. The Hall–Kier alpha value is -2.17. The predicted octanol–water partition coefficient (Wildman–Crippen LogP) is 1.65. The second-order valence-corrected chi connectivity index (χ2v) is 5.00. The van der Waals surface area contributed by atoms with Crippen LogP contribution in [-0.2, 0) is 6.54 Å². The minimum atomic E-state index is -0.289. The number of fused-ring (bicyclic) bond motifs is 1. The van der Waals surface area contributed by atoms with Gasteiger partial charge < -0.3 is 9.47 Å². The number of nitrogens with zero attached hydrogens (tertiary/aromatic N) is 3. The normalized spacial score (nSPS) is 14.9. The first-order valence-corrected chi connectivity index (χ1v) is 7.01. The maximum absolute atomic E-state index is 12.5. The molecule has 20 heavy (non-hydrogen) atoms. The summed E-state index contributed by atoms with van der Waals surface area (Å²) in [5.41, 5.74) is 1.23. The van der Waals surface area contributed by atoms with Gasteiger partial charge in [0.25, 0.3) is 11.5 Å². The molecule has 1 aromatic carbocycles. The van der Waals surface area contributed by atoms with Crippen LogP contribution in [0.3, 0.4) is 0 Å². The van der Waals surface area contributed by atoms with Crippen LogP contribution in [0.15, 0.2) is 29.1 Å². The number of aromatic nitrogens is 2. The molecule has 1 aliphatic rings. The van der Waals surface area contributed by atoms with Gasteiger partial charge in [-0.25, -0.2) is 4.98 Å². The SMILES string of the molecule is CCn1c(=O)c(C(=O)N2CCCC2)nc2ccccc21. The smallest absolute Gasteiger partial charge is 0.282 e. The van der Waals surface area contributed by atoms with Gasteiger partial charge in [-0.3, -0.25) is 9.59 Å². The van der Waals surface area contributed by atoms with E-state index in [1.54, 1.807) is 9.47 Å². The number of hydrogen-bond acceptors (Lipinski definition) is 3. The molecule has 0 radical (unpaired) electrons. The van der Waals surface area contributed by atoms with Gasteiger partial charge in [0.15, 0.2) is 5.69 Å². The fourth-order valence-corrected chi connectivity index (χ4v) is 2.72. The number of carbonyl (C=O) groups is 1. The first-order chi connectivity index (χ1) is 9.72. The van der Waals surface area contributed by atoms with Crippen molar-refractivity contribution in [3.63, 3.8) is 0 Å². The molecule has 0 saturated carbocycles. The van der Waals surface area contributed by atoms with E-state index in [0.717, 1.165) is 31.4 Å². The van der Waals surface area contributed by atoms with Crippen LogP contribution < -0.4 is 5.56 Å². The van der Waals surface area contributed by atoms with Crippen LogP contribution >= 0.6 is 0 Å². The van der Waals surface area contributed by atoms with Crippen LogP contribution in [0, 0.1) is 0 Å². The lowest BCUT2D eigenvalue weighted by atomic mass is 10.2. The average molecular weight is 271 g/mol. The molecule has 104 valence electrons. The fourth-order valence-electron chi connectivity index (χ4n) is 2.72. The average Bonchev–Trinajstić information content (AvgIpc) is 3.00. The summed E-state index contributed by atoms with van der Waals surface area (Å²) < 4.78 is 1.62. The highest BCUT2D eigenvalue weighted by Gasteiger charge is 2.24. The Bertz CT molecular complexity index is 715. The van der Waals surface area contributed by atoms with Crippen molar-refractivity contribution < 1.29 is 4.79 Å². The van der Waals surface area contributed by atoms with E-state index in [4.69, 9.17) is 0 Å². The largest absolute Gasteiger partial charge is 0.337 e. The first kappa shape index (κ1) is 12.8. The Morgan fingerprint density at radius 2 is 1.95 bits per heavy atom. The summed E-state index contributed by atoms with van der Waals surface area (Å²) in [6.45, 7) is 3.87. The van der Waals surface area contributed by atoms with Gasteiger partial charge in [0.1, 0.15) is 0 Å². The van der Waals surface area contributed by atoms with Crippen molar-refractivity contribution in [2.75, 3.05) is 13.1 Å². The van der Waals surface area contributed by atoms with Crippen molar-refractivity contribution in [2.24, 2.45) is 0 Å². The number of carbonyl (C=O) groups excluding carboxylic acids is 1. The van der Waals surface area contributed by atoms with Crippen LogP contribution in [0.2, 0.25) is 0 Å². The van der Waals surface area contributed by atoms with Gasteiger partial charge in [0.05, 0.1) is 11.0 Å². The topological polar surface area (TPSA) is 55.2 Å². The van der Waals surface area contributed by atoms with E-state index in [0.29, 0.717) is 12.1 Å². The molecular formula is C15H17N3O2. The molecule has 1 aliphatic heterocycles. The van der Waals surface area contributed by atoms with E-state index >= 15 is 0 Å². The summed E-state index contributed by atoms with van der Waals surface area (Å²) in [5.74, 6) is -0.236. The number of hydrogen-bond donors (Lipinski definition) is 0. The molecule has 0 spiro atoms. The molecule has 0 unspecified atom stereocenters. The third-order valence-corrected chi connectivity index (χ3v) is 3.76. The van der Waals surface area contributed by atoms with E-state index < -0.39 is 0 Å². The summed E-state index contributed by atoms with van der Waals surface area (Å²) in [6, 6.07) is 7.43. The van der Waals surface area contributed by atoms with Crippen molar-refractivity contribution in [3.8, 4) is 0 Å². The number of likely N-dealkylation sites (tertiary alicyclic amines) is 1. The Kier molecular flexibility index (Phi) is 3.26. The highest BCUT2D eigenvalue weighted by atomic mass is 16.2. The molecule has 5 nitrogen and oxygen atoms in total. The van der Waals surface area contributed by atoms with E-state index in [2.05, 4.69) is 4.98 Å². The Labute approximate surface area is 116 Å². The quantitative estimate of drug-likeness (QED) is 0.834. The molecule has 0 N–H and O–H groups in total. The summed E-state index contributed by atoms with van der Waals surface area (Å²) >= 11 is 0. The van der Waals surface area contributed by atoms with Crippen molar-refractivity contribution >= 4 is 16.9 Å². The summed E-state index contributed by atoms with van der Waals surface area (Å²) in [6.07, 6.45) is 2.00. The van der Waals surface area contributed by atoms with Gasteiger partial charge in [-0.1, -0.05) is 12.1 Å². The number of aryl methyl sites for hydroxylation is 1. The number of benzene rings is 1. The lowest BCUT2D eigenvalue weighted by molar-refractivity contribution is 0.0785. The van der Waals surface area contributed by atoms with Crippen LogP contribution in [0.5, 0.6) is 0 Å². The van der Waals surface area contributed by atoms with Crippen LogP contribution in [-0.4, -0.2) is 33.4 Å². The van der Waals surface area contributed by atoms with E-state index in [-0.39, 0.29) is 17.2 Å². The zero-order valence-corrected chi connectivity index (χ0v) is 11.5. The van der Waals surface area contributed by atoms with Gasteiger partial charge >= 0.3 is 0 Å². The molecule has 0 atom stereocenters. The number of amides is 1. The molecule has 2 aromatic rings. The third-order valence-electron chi connectivity index (χ3n) is 3.76. The van der Waals surface area contributed by atoms with E-state index in [1.165, 1.54) is 0 Å². The van der Waals surface area contributed by atoms with Crippen LogP contribution in [0.1, 0.15) is 30.3 Å². The molecule has 1 saturated heterocycles. The standard InChI is InChI=1S/C15H17N3O2/c1-2-18-12-8-4-3-7-11(12)16-13(15(18)20)14(19)17-9-5-6-10-17/h3-4,7-8H,2,5-6,9-10H2,1H3. The van der Waals surface area contributed by atoms with Gasteiger partial charge in [-0.2, -0.15) is 0 Å². The van der Waals surface area contributed by atoms with E-state index in [9.17, 15) is 9.59 Å². The van der Waals surface area contributed by atoms with E-state index in [1.807, 2.05) is 31.2 Å². The molecule has 3 rings (SSSR count). The predicted molar refractivity (Wildman–Crippen MR) is 76.8 cm³/mol. The summed E-state index contributed by atoms with van der Waals surface area (Å²) in [5, 5.41) is 0. The number of rotatable bonds is 2. The minimum absolute atomic E-state index is 0.0486. The lowest BCUT2D eigenvalue weighted by Gasteiger charge is -2.16.